The third-order valence-electron chi connectivity index (χ3n) is 4.19. The van der Waals surface area contributed by atoms with Crippen LogP contribution in [0.15, 0.2) is 52.0 Å². The smallest absolute Gasteiger partial charge is 0.336 e. The summed E-state index contributed by atoms with van der Waals surface area (Å²) in [4.78, 5) is 23.0. The quantitative estimate of drug-likeness (QED) is 0.337. The van der Waals surface area contributed by atoms with Crippen molar-refractivity contribution in [2.75, 3.05) is 6.61 Å². The van der Waals surface area contributed by atoms with Gasteiger partial charge in [0.1, 0.15) is 5.75 Å². The van der Waals surface area contributed by atoms with Crippen LogP contribution >= 0.6 is 15.9 Å². The summed E-state index contributed by atoms with van der Waals surface area (Å²) in [5.74, 6) is -0.571. The van der Waals surface area contributed by atoms with Gasteiger partial charge in [-0.25, -0.2) is 10.2 Å². The summed E-state index contributed by atoms with van der Waals surface area (Å²) < 4.78 is 6.63. The fourth-order valence-electron chi connectivity index (χ4n) is 2.53. The van der Waals surface area contributed by atoms with Crippen LogP contribution in [0.2, 0.25) is 0 Å². The van der Waals surface area contributed by atoms with E-state index in [1.165, 1.54) is 17.8 Å². The highest BCUT2D eigenvalue weighted by Crippen LogP contribution is 2.31. The van der Waals surface area contributed by atoms with Crippen molar-refractivity contribution >= 4 is 34.0 Å². The maximum absolute atomic E-state index is 11.9. The van der Waals surface area contributed by atoms with Crippen LogP contribution in [0.3, 0.4) is 0 Å². The van der Waals surface area contributed by atoms with E-state index in [0.717, 1.165) is 10.2 Å². The van der Waals surface area contributed by atoms with Crippen LogP contribution in [0.25, 0.3) is 0 Å². The molecule has 0 atom stereocenters. The SMILES string of the molecule is CC(C)(C)c1ccc(OCCCC(=O)N/N=C/c2ccccc2C(=O)O)c(Br)c1. The van der Waals surface area contributed by atoms with Gasteiger partial charge in [0, 0.05) is 12.0 Å². The average molecular weight is 461 g/mol. The van der Waals surface area contributed by atoms with Crippen molar-refractivity contribution in [1.82, 2.24) is 5.43 Å². The number of nitrogens with zero attached hydrogens (tertiary/aromatic N) is 1. The molecule has 2 rings (SSSR count). The molecule has 0 aromatic heterocycles. The number of hydrogen-bond donors (Lipinski definition) is 2. The summed E-state index contributed by atoms with van der Waals surface area (Å²) in [6, 6.07) is 12.5. The van der Waals surface area contributed by atoms with Gasteiger partial charge in [-0.1, -0.05) is 45.0 Å². The minimum Gasteiger partial charge on any atom is -0.492 e. The molecule has 0 saturated heterocycles. The molecule has 0 radical (unpaired) electrons. The van der Waals surface area contributed by atoms with Crippen LogP contribution in [-0.4, -0.2) is 29.8 Å². The predicted molar refractivity (Wildman–Crippen MR) is 117 cm³/mol. The minimum absolute atomic E-state index is 0.0602. The number of halogens is 1. The van der Waals surface area contributed by atoms with Crippen molar-refractivity contribution in [3.05, 3.63) is 63.6 Å². The summed E-state index contributed by atoms with van der Waals surface area (Å²) in [7, 11) is 0. The summed E-state index contributed by atoms with van der Waals surface area (Å²) in [6.45, 7) is 6.84. The lowest BCUT2D eigenvalue weighted by atomic mass is 9.87. The molecule has 2 aromatic rings. The van der Waals surface area contributed by atoms with Crippen LogP contribution in [-0.2, 0) is 10.2 Å². The Balaban J connectivity index is 1.77. The lowest BCUT2D eigenvalue weighted by Gasteiger charge is -2.20. The largest absolute Gasteiger partial charge is 0.492 e. The number of hydrogen-bond acceptors (Lipinski definition) is 4. The normalized spacial score (nSPS) is 11.4. The van der Waals surface area contributed by atoms with Crippen molar-refractivity contribution < 1.29 is 19.4 Å². The lowest BCUT2D eigenvalue weighted by Crippen LogP contribution is -2.18. The van der Waals surface area contributed by atoms with Gasteiger partial charge in [0.25, 0.3) is 0 Å². The highest BCUT2D eigenvalue weighted by molar-refractivity contribution is 9.10. The third-order valence-corrected chi connectivity index (χ3v) is 4.81. The van der Waals surface area contributed by atoms with E-state index in [4.69, 9.17) is 9.84 Å². The van der Waals surface area contributed by atoms with Gasteiger partial charge in [0.05, 0.1) is 22.9 Å². The first-order valence-electron chi connectivity index (χ1n) is 9.25. The molecule has 7 heteroatoms. The molecule has 0 aliphatic rings. The van der Waals surface area contributed by atoms with Crippen LogP contribution < -0.4 is 10.2 Å². The Labute approximate surface area is 179 Å². The van der Waals surface area contributed by atoms with Gasteiger partial charge in [-0.2, -0.15) is 5.10 Å². The topological polar surface area (TPSA) is 88.0 Å². The maximum Gasteiger partial charge on any atom is 0.336 e. The average Bonchev–Trinajstić information content (AvgIpc) is 2.65. The van der Waals surface area contributed by atoms with Crippen LogP contribution in [0, 0.1) is 0 Å². The molecule has 0 aliphatic heterocycles. The third kappa shape index (κ3) is 7.02. The molecule has 2 N–H and O–H groups in total. The Morgan fingerprint density at radius 3 is 2.59 bits per heavy atom. The number of carboxylic acid groups (broad SMARTS) is 1. The van der Waals surface area contributed by atoms with E-state index < -0.39 is 5.97 Å². The highest BCUT2D eigenvalue weighted by atomic mass is 79.9. The summed E-state index contributed by atoms with van der Waals surface area (Å²) in [5, 5.41) is 13.0. The summed E-state index contributed by atoms with van der Waals surface area (Å²) >= 11 is 3.53. The maximum atomic E-state index is 11.9. The number of benzene rings is 2. The first-order chi connectivity index (χ1) is 13.7. The van der Waals surface area contributed by atoms with Crippen LogP contribution in [0.4, 0.5) is 0 Å². The van der Waals surface area contributed by atoms with E-state index in [0.29, 0.717) is 18.6 Å². The van der Waals surface area contributed by atoms with Gasteiger partial charge in [-0.15, -0.1) is 0 Å². The second-order valence-corrected chi connectivity index (χ2v) is 8.39. The van der Waals surface area contributed by atoms with E-state index >= 15 is 0 Å². The molecular weight excluding hydrogens is 436 g/mol. The second-order valence-electron chi connectivity index (χ2n) is 7.53. The number of nitrogens with one attached hydrogen (secondary N) is 1. The minimum atomic E-state index is -1.04. The zero-order valence-corrected chi connectivity index (χ0v) is 18.3. The molecule has 0 aliphatic carbocycles. The molecule has 0 fully saturated rings. The van der Waals surface area contributed by atoms with Gasteiger partial charge >= 0.3 is 5.97 Å². The van der Waals surface area contributed by atoms with Crippen molar-refractivity contribution in [2.45, 2.75) is 39.0 Å². The molecule has 1 amide bonds. The Morgan fingerprint density at radius 1 is 1.21 bits per heavy atom. The Bertz CT molecular complexity index is 904. The number of carboxylic acids is 1. The van der Waals surface area contributed by atoms with Crippen molar-refractivity contribution in [3.63, 3.8) is 0 Å². The van der Waals surface area contributed by atoms with Crippen molar-refractivity contribution in [2.24, 2.45) is 5.10 Å². The van der Waals surface area contributed by atoms with Gasteiger partial charge in [-0.3, -0.25) is 4.79 Å². The Hall–Kier alpha value is -2.67. The summed E-state index contributed by atoms with van der Waals surface area (Å²) in [5.41, 5.74) is 4.22. The fraction of sp³-hybridized carbons (Fsp3) is 0.318. The molecule has 0 heterocycles. The number of ether oxygens (including phenoxy) is 1. The molecule has 0 bridgehead atoms. The number of aromatic carboxylic acids is 1. The molecular formula is C22H25BrN2O4. The molecule has 154 valence electrons. The molecule has 0 unspecified atom stereocenters. The molecule has 0 saturated carbocycles. The second kappa shape index (κ2) is 10.2. The Morgan fingerprint density at radius 2 is 1.93 bits per heavy atom. The van der Waals surface area contributed by atoms with E-state index in [-0.39, 0.29) is 23.3 Å². The zero-order chi connectivity index (χ0) is 21.4. The number of amides is 1. The number of rotatable bonds is 8. The van der Waals surface area contributed by atoms with Crippen molar-refractivity contribution in [3.8, 4) is 5.75 Å². The first kappa shape index (κ1) is 22.6. The Kier molecular flexibility index (Phi) is 7.96. The van der Waals surface area contributed by atoms with Gasteiger partial charge < -0.3 is 9.84 Å². The molecule has 0 spiro atoms. The highest BCUT2D eigenvalue weighted by Gasteiger charge is 2.15. The van der Waals surface area contributed by atoms with Gasteiger partial charge in [0.2, 0.25) is 5.91 Å². The van der Waals surface area contributed by atoms with Crippen molar-refractivity contribution in [1.29, 1.82) is 0 Å². The lowest BCUT2D eigenvalue weighted by molar-refractivity contribution is -0.121. The number of carbonyl (C=O) groups excluding carboxylic acids is 1. The van der Waals surface area contributed by atoms with Gasteiger partial charge in [-0.05, 0) is 51.5 Å². The van der Waals surface area contributed by atoms with E-state index in [2.05, 4.69) is 47.2 Å². The van der Waals surface area contributed by atoms with Crippen LogP contribution in [0.5, 0.6) is 5.75 Å². The number of carbonyl (C=O) groups is 2. The summed E-state index contributed by atoms with van der Waals surface area (Å²) in [6.07, 6.45) is 2.10. The first-order valence-corrected chi connectivity index (χ1v) is 10.0. The predicted octanol–water partition coefficient (Wildman–Crippen LogP) is 4.75. The zero-order valence-electron chi connectivity index (χ0n) is 16.7. The van der Waals surface area contributed by atoms with Gasteiger partial charge in [0.15, 0.2) is 0 Å². The van der Waals surface area contributed by atoms with E-state index in [9.17, 15) is 9.59 Å². The molecule has 29 heavy (non-hydrogen) atoms. The molecule has 2 aromatic carbocycles. The fourth-order valence-corrected chi connectivity index (χ4v) is 3.03. The standard InChI is InChI=1S/C22H25BrN2O4/c1-22(2,3)16-10-11-19(18(23)13-16)29-12-6-9-20(26)25-24-14-15-7-4-5-8-17(15)21(27)28/h4-5,7-8,10-11,13-14H,6,9,12H2,1-3H3,(H,25,26)(H,27,28)/b24-14+. The monoisotopic (exact) mass is 460 g/mol. The molecule has 6 nitrogen and oxygen atoms in total. The number of hydrazone groups is 1. The van der Waals surface area contributed by atoms with E-state index in [1.54, 1.807) is 18.2 Å². The van der Waals surface area contributed by atoms with E-state index in [1.807, 2.05) is 18.2 Å². The van der Waals surface area contributed by atoms with Crippen LogP contribution in [0.1, 0.15) is 55.1 Å².